The van der Waals surface area contributed by atoms with Crippen LogP contribution in [-0.4, -0.2) is 48.4 Å². The molecule has 2 rings (SSSR count). The van der Waals surface area contributed by atoms with Crippen LogP contribution in [0.1, 0.15) is 24.2 Å². The van der Waals surface area contributed by atoms with Crippen LogP contribution < -0.4 is 4.72 Å². The molecule has 1 saturated heterocycles. The summed E-state index contributed by atoms with van der Waals surface area (Å²) in [6.07, 6.45) is -0.353. The number of aromatic amines is 1. The lowest BCUT2D eigenvalue weighted by Crippen LogP contribution is -2.33. The average Bonchev–Trinajstić information content (AvgIpc) is 2.94. The summed E-state index contributed by atoms with van der Waals surface area (Å²) < 4.78 is 32.0. The second kappa shape index (κ2) is 5.51. The maximum atomic E-state index is 12.2. The van der Waals surface area contributed by atoms with Crippen molar-refractivity contribution in [3.8, 4) is 0 Å². The highest BCUT2D eigenvalue weighted by Crippen LogP contribution is 2.21. The van der Waals surface area contributed by atoms with Crippen LogP contribution >= 0.6 is 0 Å². The molecule has 8 nitrogen and oxygen atoms in total. The Morgan fingerprint density at radius 2 is 2.20 bits per heavy atom. The van der Waals surface area contributed by atoms with Gasteiger partial charge in [0.15, 0.2) is 6.10 Å². The average molecular weight is 303 g/mol. The zero-order chi connectivity index (χ0) is 14.9. The van der Waals surface area contributed by atoms with Crippen molar-refractivity contribution in [2.45, 2.75) is 43.8 Å². The normalized spacial score (nSPS) is 23.1. The molecule has 20 heavy (non-hydrogen) atoms. The predicted octanol–water partition coefficient (Wildman–Crippen LogP) is -0.0630. The highest BCUT2D eigenvalue weighted by atomic mass is 32.2. The molecule has 0 aromatic carbocycles. The topological polar surface area (TPSA) is 121 Å². The number of carboxylic acid groups (broad SMARTS) is 1. The Balaban J connectivity index is 1.99. The number of aromatic nitrogens is 2. The molecule has 112 valence electrons. The summed E-state index contributed by atoms with van der Waals surface area (Å²) in [7, 11) is -3.67. The number of nitrogens with zero attached hydrogens (tertiary/aromatic N) is 1. The molecular weight excluding hydrogens is 286 g/mol. The molecule has 9 heteroatoms. The molecule has 1 aromatic rings. The van der Waals surface area contributed by atoms with E-state index < -0.39 is 28.2 Å². The second-order valence-corrected chi connectivity index (χ2v) is 6.48. The molecule has 0 radical (unpaired) electrons. The van der Waals surface area contributed by atoms with Crippen LogP contribution in [-0.2, 0) is 19.6 Å². The SMILES string of the molecule is Cc1n[nH]c(C)c1S(=O)(=O)NCC1CCC(C(=O)O)O1. The molecule has 2 heterocycles. The molecule has 0 spiro atoms. The summed E-state index contributed by atoms with van der Waals surface area (Å²) in [6, 6.07) is 0. The van der Waals surface area contributed by atoms with Gasteiger partial charge in [-0.25, -0.2) is 17.9 Å². The van der Waals surface area contributed by atoms with Gasteiger partial charge in [-0.3, -0.25) is 5.10 Å². The lowest BCUT2D eigenvalue weighted by Gasteiger charge is -2.12. The van der Waals surface area contributed by atoms with Gasteiger partial charge in [0.2, 0.25) is 10.0 Å². The maximum Gasteiger partial charge on any atom is 0.332 e. The van der Waals surface area contributed by atoms with E-state index in [1.165, 1.54) is 0 Å². The minimum atomic E-state index is -3.67. The summed E-state index contributed by atoms with van der Waals surface area (Å²) in [4.78, 5) is 10.9. The molecule has 1 fully saturated rings. The van der Waals surface area contributed by atoms with Gasteiger partial charge in [0, 0.05) is 6.54 Å². The Morgan fingerprint density at radius 1 is 1.50 bits per heavy atom. The van der Waals surface area contributed by atoms with Gasteiger partial charge in [0.1, 0.15) is 4.90 Å². The van der Waals surface area contributed by atoms with Crippen LogP contribution in [0.2, 0.25) is 0 Å². The third-order valence-electron chi connectivity index (χ3n) is 3.21. The number of aryl methyl sites for hydroxylation is 2. The van der Waals surface area contributed by atoms with Gasteiger partial charge >= 0.3 is 5.97 Å². The minimum absolute atomic E-state index is 0.0518. The van der Waals surface area contributed by atoms with Crippen molar-refractivity contribution < 1.29 is 23.1 Å². The number of sulfonamides is 1. The Hall–Kier alpha value is -1.45. The summed E-state index contributed by atoms with van der Waals surface area (Å²) in [5, 5.41) is 15.3. The number of H-pyrrole nitrogens is 1. The smallest absolute Gasteiger partial charge is 0.332 e. The fraction of sp³-hybridized carbons (Fsp3) is 0.636. The third kappa shape index (κ3) is 3.00. The number of carboxylic acids is 1. The fourth-order valence-electron chi connectivity index (χ4n) is 2.25. The zero-order valence-electron chi connectivity index (χ0n) is 11.2. The zero-order valence-corrected chi connectivity index (χ0v) is 12.0. The first-order valence-electron chi connectivity index (χ1n) is 6.20. The minimum Gasteiger partial charge on any atom is -0.479 e. The molecule has 0 amide bonds. The van der Waals surface area contributed by atoms with E-state index in [0.717, 1.165) is 0 Å². The van der Waals surface area contributed by atoms with Gasteiger partial charge in [0.25, 0.3) is 0 Å². The quantitative estimate of drug-likeness (QED) is 0.700. The van der Waals surface area contributed by atoms with Crippen molar-refractivity contribution in [2.24, 2.45) is 0 Å². The van der Waals surface area contributed by atoms with Gasteiger partial charge < -0.3 is 9.84 Å². The van der Waals surface area contributed by atoms with Crippen LogP contribution in [0.3, 0.4) is 0 Å². The summed E-state index contributed by atoms with van der Waals surface area (Å²) in [5.41, 5.74) is 0.858. The predicted molar refractivity (Wildman–Crippen MR) is 68.8 cm³/mol. The molecule has 2 unspecified atom stereocenters. The van der Waals surface area contributed by atoms with Crippen LogP contribution in [0.5, 0.6) is 0 Å². The van der Waals surface area contributed by atoms with E-state index in [1.807, 2.05) is 0 Å². The third-order valence-corrected chi connectivity index (χ3v) is 4.90. The maximum absolute atomic E-state index is 12.2. The molecule has 2 atom stereocenters. The van der Waals surface area contributed by atoms with E-state index in [2.05, 4.69) is 14.9 Å². The van der Waals surface area contributed by atoms with Gasteiger partial charge in [-0.05, 0) is 26.7 Å². The van der Waals surface area contributed by atoms with Crippen molar-refractivity contribution in [3.63, 3.8) is 0 Å². The van der Waals surface area contributed by atoms with Crippen LogP contribution in [0.4, 0.5) is 0 Å². The van der Waals surface area contributed by atoms with Gasteiger partial charge in [0.05, 0.1) is 17.5 Å². The highest BCUT2D eigenvalue weighted by Gasteiger charge is 2.32. The first kappa shape index (κ1) is 14.9. The van der Waals surface area contributed by atoms with E-state index in [4.69, 9.17) is 9.84 Å². The molecular formula is C11H17N3O5S. The summed E-state index contributed by atoms with van der Waals surface area (Å²) >= 11 is 0. The van der Waals surface area contributed by atoms with Crippen molar-refractivity contribution in [3.05, 3.63) is 11.4 Å². The number of ether oxygens (including phenoxy) is 1. The Labute approximate surface area is 116 Å². The van der Waals surface area contributed by atoms with Gasteiger partial charge in [-0.1, -0.05) is 0 Å². The fourth-order valence-corrected chi connectivity index (χ4v) is 3.68. The van der Waals surface area contributed by atoms with Crippen molar-refractivity contribution in [1.29, 1.82) is 0 Å². The standard InChI is InChI=1S/C11H17N3O5S/c1-6-10(7(2)14-13-6)20(17,18)12-5-8-3-4-9(19-8)11(15)16/h8-9,12H,3-5H2,1-2H3,(H,13,14)(H,15,16). The molecule has 3 N–H and O–H groups in total. The monoisotopic (exact) mass is 303 g/mol. The molecule has 1 aromatic heterocycles. The van der Waals surface area contributed by atoms with Crippen molar-refractivity contribution in [1.82, 2.24) is 14.9 Å². The number of hydrogen-bond donors (Lipinski definition) is 3. The van der Waals surface area contributed by atoms with Crippen LogP contribution in [0.25, 0.3) is 0 Å². The molecule has 0 saturated carbocycles. The number of hydrogen-bond acceptors (Lipinski definition) is 5. The molecule has 1 aliphatic heterocycles. The number of nitrogens with one attached hydrogen (secondary N) is 2. The summed E-state index contributed by atoms with van der Waals surface area (Å²) in [5.74, 6) is -1.02. The lowest BCUT2D eigenvalue weighted by molar-refractivity contribution is -0.149. The molecule has 1 aliphatic rings. The van der Waals surface area contributed by atoms with Gasteiger partial charge in [-0.15, -0.1) is 0 Å². The number of rotatable bonds is 5. The second-order valence-electron chi connectivity index (χ2n) is 4.78. The molecule has 0 aliphatic carbocycles. The van der Waals surface area contributed by atoms with E-state index in [1.54, 1.807) is 13.8 Å². The van der Waals surface area contributed by atoms with E-state index in [0.29, 0.717) is 24.2 Å². The first-order chi connectivity index (χ1) is 9.31. The van der Waals surface area contributed by atoms with Crippen LogP contribution in [0, 0.1) is 13.8 Å². The first-order valence-corrected chi connectivity index (χ1v) is 7.69. The summed E-state index contributed by atoms with van der Waals surface area (Å²) in [6.45, 7) is 3.28. The van der Waals surface area contributed by atoms with E-state index in [9.17, 15) is 13.2 Å². The molecule has 0 bridgehead atoms. The Kier molecular flexibility index (Phi) is 4.11. The van der Waals surface area contributed by atoms with Crippen LogP contribution in [0.15, 0.2) is 4.90 Å². The van der Waals surface area contributed by atoms with E-state index in [-0.39, 0.29) is 11.4 Å². The number of aliphatic carboxylic acids is 1. The lowest BCUT2D eigenvalue weighted by atomic mass is 10.2. The Bertz CT molecular complexity index is 590. The number of carbonyl (C=O) groups is 1. The van der Waals surface area contributed by atoms with Crippen molar-refractivity contribution >= 4 is 16.0 Å². The van der Waals surface area contributed by atoms with Gasteiger partial charge in [-0.2, -0.15) is 5.10 Å². The highest BCUT2D eigenvalue weighted by molar-refractivity contribution is 7.89. The largest absolute Gasteiger partial charge is 0.479 e. The Morgan fingerprint density at radius 3 is 2.70 bits per heavy atom. The van der Waals surface area contributed by atoms with Crippen molar-refractivity contribution in [2.75, 3.05) is 6.54 Å². The van der Waals surface area contributed by atoms with E-state index >= 15 is 0 Å².